The predicted octanol–water partition coefficient (Wildman–Crippen LogP) is 4.48. The van der Waals surface area contributed by atoms with Gasteiger partial charge in [-0.1, -0.05) is 45.0 Å². The minimum atomic E-state index is -1.83. The van der Waals surface area contributed by atoms with Crippen molar-refractivity contribution in [2.45, 2.75) is 96.4 Å². The highest BCUT2D eigenvalue weighted by Crippen LogP contribution is 2.39. The Hall–Kier alpha value is -1.39. The maximum Gasteiger partial charge on any atom is 0.494 e. The van der Waals surface area contributed by atoms with E-state index in [1.807, 2.05) is 52.0 Å². The van der Waals surface area contributed by atoms with Crippen LogP contribution in [0.1, 0.15) is 66.6 Å². The lowest BCUT2D eigenvalue weighted by Crippen LogP contribution is -2.44. The van der Waals surface area contributed by atoms with Crippen molar-refractivity contribution in [3.05, 3.63) is 29.8 Å². The van der Waals surface area contributed by atoms with Gasteiger partial charge >= 0.3 is 13.2 Å². The molecule has 7 nitrogen and oxygen atoms in total. The van der Waals surface area contributed by atoms with Crippen molar-refractivity contribution in [1.29, 1.82) is 0 Å². The third kappa shape index (κ3) is 6.49. The van der Waals surface area contributed by atoms with Gasteiger partial charge in [-0.25, -0.2) is 4.79 Å². The molecule has 2 saturated heterocycles. The standard InChI is InChI=1S/C26H45BN2O5Si/c1-24(2,3)35(9,10)32-21-14-15-29(17-21)18-22(31-23(30)28-8)19-12-11-13-20(16-19)27-33-25(4,5)26(6,7)34-27/h11-13,16,21-22H,14-15,17-18H2,1-10H3,(H,28,30)/t21-,22-/m0/s1. The Morgan fingerprint density at radius 3 is 2.43 bits per heavy atom. The van der Waals surface area contributed by atoms with Crippen LogP contribution in [0.15, 0.2) is 24.3 Å². The van der Waals surface area contributed by atoms with E-state index >= 15 is 0 Å². The first-order valence-electron chi connectivity index (χ1n) is 12.8. The molecule has 0 spiro atoms. The number of nitrogens with one attached hydrogen (secondary N) is 1. The molecule has 1 N–H and O–H groups in total. The van der Waals surface area contributed by atoms with E-state index in [2.05, 4.69) is 44.1 Å². The van der Waals surface area contributed by atoms with Crippen molar-refractivity contribution in [2.75, 3.05) is 26.7 Å². The molecule has 0 unspecified atom stereocenters. The van der Waals surface area contributed by atoms with Gasteiger partial charge in [0.15, 0.2) is 8.32 Å². The monoisotopic (exact) mass is 504 g/mol. The summed E-state index contributed by atoms with van der Waals surface area (Å²) < 4.78 is 25.0. The molecule has 2 aliphatic heterocycles. The van der Waals surface area contributed by atoms with Crippen molar-refractivity contribution in [2.24, 2.45) is 0 Å². The van der Waals surface area contributed by atoms with Crippen molar-refractivity contribution < 1.29 is 23.3 Å². The zero-order valence-electron chi connectivity index (χ0n) is 23.4. The van der Waals surface area contributed by atoms with Crippen LogP contribution in [0.5, 0.6) is 0 Å². The molecule has 0 aromatic heterocycles. The first-order valence-corrected chi connectivity index (χ1v) is 15.7. The van der Waals surface area contributed by atoms with Crippen LogP contribution in [0, 0.1) is 0 Å². The highest BCUT2D eigenvalue weighted by atomic mass is 28.4. The molecule has 1 aromatic carbocycles. The van der Waals surface area contributed by atoms with Crippen molar-refractivity contribution >= 4 is 27.0 Å². The maximum atomic E-state index is 12.2. The van der Waals surface area contributed by atoms with Gasteiger partial charge < -0.3 is 23.8 Å². The maximum absolute atomic E-state index is 12.2. The number of likely N-dealkylation sites (tertiary alicyclic amines) is 1. The van der Waals surface area contributed by atoms with Crippen LogP contribution in [0.4, 0.5) is 4.79 Å². The van der Waals surface area contributed by atoms with E-state index < -0.39 is 38.8 Å². The first-order chi connectivity index (χ1) is 16.0. The third-order valence-electron chi connectivity index (χ3n) is 8.18. The summed E-state index contributed by atoms with van der Waals surface area (Å²) in [6.07, 6.45) is 0.355. The highest BCUT2D eigenvalue weighted by Gasteiger charge is 2.51. The lowest BCUT2D eigenvalue weighted by Gasteiger charge is -2.38. The number of benzene rings is 1. The van der Waals surface area contributed by atoms with Crippen LogP contribution in [0.3, 0.4) is 0 Å². The Balaban J connectivity index is 1.74. The number of amides is 1. The molecule has 0 bridgehead atoms. The second kappa shape index (κ2) is 10.2. The van der Waals surface area contributed by atoms with Crippen LogP contribution >= 0.6 is 0 Å². The van der Waals surface area contributed by atoms with Crippen molar-refractivity contribution in [3.8, 4) is 0 Å². The smallest absolute Gasteiger partial charge is 0.440 e. The van der Waals surface area contributed by atoms with Gasteiger partial charge in [0, 0.05) is 26.7 Å². The lowest BCUT2D eigenvalue weighted by molar-refractivity contribution is 0.00578. The summed E-state index contributed by atoms with van der Waals surface area (Å²) in [5.74, 6) is 0. The average molecular weight is 505 g/mol. The number of hydrogen-bond acceptors (Lipinski definition) is 6. The van der Waals surface area contributed by atoms with Gasteiger partial charge in [0.05, 0.1) is 17.3 Å². The molecule has 2 heterocycles. The Morgan fingerprint density at radius 2 is 1.86 bits per heavy atom. The van der Waals surface area contributed by atoms with Crippen LogP contribution in [-0.2, 0) is 18.5 Å². The minimum Gasteiger partial charge on any atom is -0.440 e. The Labute approximate surface area is 213 Å². The molecule has 0 radical (unpaired) electrons. The van der Waals surface area contributed by atoms with E-state index in [0.29, 0.717) is 6.54 Å². The number of ether oxygens (including phenoxy) is 1. The number of nitrogens with zero attached hydrogens (tertiary/aromatic N) is 1. The lowest BCUT2D eigenvalue weighted by atomic mass is 9.78. The molecule has 1 amide bonds. The average Bonchev–Trinajstić information content (AvgIpc) is 3.26. The molecule has 1 aromatic rings. The zero-order chi connectivity index (χ0) is 26.2. The van der Waals surface area contributed by atoms with E-state index in [4.69, 9.17) is 18.5 Å². The summed E-state index contributed by atoms with van der Waals surface area (Å²) >= 11 is 0. The van der Waals surface area contributed by atoms with E-state index in [9.17, 15) is 4.79 Å². The Morgan fingerprint density at radius 1 is 1.23 bits per heavy atom. The normalized spacial score (nSPS) is 23.4. The van der Waals surface area contributed by atoms with Gasteiger partial charge in [0.2, 0.25) is 0 Å². The van der Waals surface area contributed by atoms with Crippen LogP contribution in [-0.4, -0.2) is 70.4 Å². The first kappa shape index (κ1) is 28.2. The topological polar surface area (TPSA) is 69.3 Å². The summed E-state index contributed by atoms with van der Waals surface area (Å²) in [7, 11) is -0.712. The van der Waals surface area contributed by atoms with Gasteiger partial charge in [0.25, 0.3) is 0 Å². The summed E-state index contributed by atoms with van der Waals surface area (Å²) in [6, 6.07) is 8.02. The van der Waals surface area contributed by atoms with Crippen LogP contribution < -0.4 is 10.8 Å². The Bertz CT molecular complexity index is 886. The quantitative estimate of drug-likeness (QED) is 0.553. The summed E-state index contributed by atoms with van der Waals surface area (Å²) in [4.78, 5) is 14.6. The predicted molar refractivity (Wildman–Crippen MR) is 144 cm³/mol. The summed E-state index contributed by atoms with van der Waals surface area (Å²) in [5.41, 5.74) is 1.02. The molecule has 35 heavy (non-hydrogen) atoms. The largest absolute Gasteiger partial charge is 0.494 e. The highest BCUT2D eigenvalue weighted by molar-refractivity contribution is 6.74. The fourth-order valence-electron chi connectivity index (χ4n) is 4.17. The van der Waals surface area contributed by atoms with Gasteiger partial charge in [-0.15, -0.1) is 0 Å². The molecule has 2 fully saturated rings. The van der Waals surface area contributed by atoms with Crippen molar-refractivity contribution in [1.82, 2.24) is 10.2 Å². The van der Waals surface area contributed by atoms with E-state index in [0.717, 1.165) is 30.5 Å². The third-order valence-corrected chi connectivity index (χ3v) is 12.7. The molecule has 0 aliphatic carbocycles. The molecule has 3 rings (SSSR count). The number of rotatable bonds is 7. The summed E-state index contributed by atoms with van der Waals surface area (Å²) in [5, 5.41) is 2.77. The molecule has 196 valence electrons. The zero-order valence-corrected chi connectivity index (χ0v) is 24.4. The molecular weight excluding hydrogens is 459 g/mol. The van der Waals surface area contributed by atoms with Gasteiger partial charge in [0.1, 0.15) is 6.10 Å². The van der Waals surface area contributed by atoms with E-state index in [1.54, 1.807) is 7.05 Å². The molecular formula is C26H45BN2O5Si. The molecule has 2 atom stereocenters. The van der Waals surface area contributed by atoms with Gasteiger partial charge in [-0.2, -0.15) is 0 Å². The Kier molecular flexibility index (Phi) is 8.19. The number of alkyl carbamates (subject to hydrolysis) is 1. The fourth-order valence-corrected chi connectivity index (χ4v) is 5.55. The fraction of sp³-hybridized carbons (Fsp3) is 0.731. The SMILES string of the molecule is CNC(=O)O[C@@H](CN1CC[C@H](O[Si](C)(C)C(C)(C)C)C1)c1cccc(B2OC(C)(C)C(C)(C)O2)c1. The minimum absolute atomic E-state index is 0.180. The van der Waals surface area contributed by atoms with Crippen LogP contribution in [0.2, 0.25) is 18.1 Å². The second-order valence-electron chi connectivity index (χ2n) is 12.5. The number of carbonyl (C=O) groups excluding carboxylic acids is 1. The molecule has 9 heteroatoms. The van der Waals surface area contributed by atoms with Gasteiger partial charge in [-0.3, -0.25) is 4.90 Å². The van der Waals surface area contributed by atoms with E-state index in [1.165, 1.54) is 0 Å². The van der Waals surface area contributed by atoms with Crippen LogP contribution in [0.25, 0.3) is 0 Å². The number of hydrogen-bond donors (Lipinski definition) is 1. The van der Waals surface area contributed by atoms with Crippen molar-refractivity contribution in [3.63, 3.8) is 0 Å². The second-order valence-corrected chi connectivity index (χ2v) is 17.2. The van der Waals surface area contributed by atoms with Gasteiger partial charge in [-0.05, 0) is 63.3 Å². The number of carbonyl (C=O) groups is 1. The molecule has 2 aliphatic rings. The van der Waals surface area contributed by atoms with E-state index in [-0.39, 0.29) is 11.1 Å². The molecule has 0 saturated carbocycles. The summed E-state index contributed by atoms with van der Waals surface area (Å²) in [6.45, 7) is 22.0.